The van der Waals surface area contributed by atoms with Gasteiger partial charge in [0, 0.05) is 30.2 Å². The molecule has 1 aromatic heterocycles. The Morgan fingerprint density at radius 2 is 1.67 bits per heavy atom. The van der Waals surface area contributed by atoms with Crippen LogP contribution in [0.15, 0.2) is 54.7 Å². The second-order valence-electron chi connectivity index (χ2n) is 5.67. The number of hydrogen-bond acceptors (Lipinski definition) is 1. The minimum Gasteiger partial charge on any atom is -0.361 e. The number of rotatable bonds is 6. The van der Waals surface area contributed by atoms with Crippen LogP contribution in [0.5, 0.6) is 0 Å². The number of amides is 2. The third kappa shape index (κ3) is 4.13. The van der Waals surface area contributed by atoms with E-state index in [-0.39, 0.29) is 11.8 Å². The molecule has 0 aliphatic carbocycles. The Kier molecular flexibility index (Phi) is 5.11. The summed E-state index contributed by atoms with van der Waals surface area (Å²) in [6.45, 7) is 1.09. The SMILES string of the molecule is O=C(NCCc1ccc(F)cc1)NCCc1c[nH]c2ccccc12. The second-order valence-corrected chi connectivity index (χ2v) is 5.67. The lowest BCUT2D eigenvalue weighted by molar-refractivity contribution is 0.241. The summed E-state index contributed by atoms with van der Waals surface area (Å²) >= 11 is 0. The average molecular weight is 325 g/mol. The van der Waals surface area contributed by atoms with E-state index in [4.69, 9.17) is 0 Å². The van der Waals surface area contributed by atoms with E-state index in [0.717, 1.165) is 17.5 Å². The number of halogens is 1. The van der Waals surface area contributed by atoms with Crippen LogP contribution in [0.2, 0.25) is 0 Å². The number of H-pyrrole nitrogens is 1. The van der Waals surface area contributed by atoms with Gasteiger partial charge in [0.1, 0.15) is 5.82 Å². The Hall–Kier alpha value is -2.82. The highest BCUT2D eigenvalue weighted by Gasteiger charge is 2.04. The molecular formula is C19H20FN3O. The fourth-order valence-electron chi connectivity index (χ4n) is 2.68. The van der Waals surface area contributed by atoms with Crippen LogP contribution < -0.4 is 10.6 Å². The molecule has 124 valence electrons. The minimum atomic E-state index is -0.248. The molecule has 3 aromatic rings. The van der Waals surface area contributed by atoms with Gasteiger partial charge in [-0.25, -0.2) is 9.18 Å². The zero-order chi connectivity index (χ0) is 16.8. The van der Waals surface area contributed by atoms with Gasteiger partial charge in [-0.2, -0.15) is 0 Å². The maximum atomic E-state index is 12.8. The first-order valence-electron chi connectivity index (χ1n) is 8.03. The second kappa shape index (κ2) is 7.64. The van der Waals surface area contributed by atoms with Crippen molar-refractivity contribution in [3.05, 3.63) is 71.7 Å². The van der Waals surface area contributed by atoms with Crippen LogP contribution in [0.1, 0.15) is 11.1 Å². The summed E-state index contributed by atoms with van der Waals surface area (Å²) in [6.07, 6.45) is 3.43. The van der Waals surface area contributed by atoms with Crippen molar-refractivity contribution in [3.8, 4) is 0 Å². The van der Waals surface area contributed by atoms with Crippen molar-refractivity contribution in [2.75, 3.05) is 13.1 Å². The van der Waals surface area contributed by atoms with Crippen LogP contribution in [-0.4, -0.2) is 24.1 Å². The summed E-state index contributed by atoms with van der Waals surface area (Å²) in [5.41, 5.74) is 3.30. The molecular weight excluding hydrogens is 305 g/mol. The maximum Gasteiger partial charge on any atom is 0.314 e. The standard InChI is InChI=1S/C19H20FN3O/c20-16-7-5-14(6-8-16)9-11-21-19(24)22-12-10-15-13-23-18-4-2-1-3-17(15)18/h1-8,13,23H,9-12H2,(H2,21,22,24). The van der Waals surface area contributed by atoms with Gasteiger partial charge in [-0.1, -0.05) is 30.3 Å². The van der Waals surface area contributed by atoms with Crippen molar-refractivity contribution in [1.29, 1.82) is 0 Å². The number of aromatic amines is 1. The lowest BCUT2D eigenvalue weighted by Gasteiger charge is -2.07. The Morgan fingerprint density at radius 3 is 2.46 bits per heavy atom. The summed E-state index contributed by atoms with van der Waals surface area (Å²) in [7, 11) is 0. The number of fused-ring (bicyclic) bond motifs is 1. The maximum absolute atomic E-state index is 12.8. The number of urea groups is 1. The molecule has 0 radical (unpaired) electrons. The van der Waals surface area contributed by atoms with Gasteiger partial charge in [0.2, 0.25) is 0 Å². The molecule has 0 unspecified atom stereocenters. The molecule has 5 heteroatoms. The molecule has 0 spiro atoms. The number of nitrogens with one attached hydrogen (secondary N) is 3. The van der Waals surface area contributed by atoms with Crippen LogP contribution in [0.3, 0.4) is 0 Å². The first-order chi connectivity index (χ1) is 11.7. The molecule has 0 atom stereocenters. The highest BCUT2D eigenvalue weighted by molar-refractivity contribution is 5.83. The van der Waals surface area contributed by atoms with Gasteiger partial charge in [0.05, 0.1) is 0 Å². The van der Waals surface area contributed by atoms with Crippen molar-refractivity contribution < 1.29 is 9.18 Å². The molecule has 2 amide bonds. The number of aromatic nitrogens is 1. The third-order valence-electron chi connectivity index (χ3n) is 3.97. The highest BCUT2D eigenvalue weighted by atomic mass is 19.1. The average Bonchev–Trinajstić information content (AvgIpc) is 3.00. The quantitative estimate of drug-likeness (QED) is 0.639. The summed E-state index contributed by atoms with van der Waals surface area (Å²) in [4.78, 5) is 15.0. The Balaban J connectivity index is 1.39. The van der Waals surface area contributed by atoms with Crippen molar-refractivity contribution >= 4 is 16.9 Å². The molecule has 2 aromatic carbocycles. The zero-order valence-electron chi connectivity index (χ0n) is 13.3. The summed E-state index contributed by atoms with van der Waals surface area (Å²) < 4.78 is 12.8. The van der Waals surface area contributed by atoms with Gasteiger partial charge >= 0.3 is 6.03 Å². The van der Waals surface area contributed by atoms with E-state index in [0.29, 0.717) is 19.5 Å². The number of carbonyl (C=O) groups is 1. The van der Waals surface area contributed by atoms with Crippen molar-refractivity contribution in [3.63, 3.8) is 0 Å². The van der Waals surface area contributed by atoms with E-state index in [1.807, 2.05) is 24.4 Å². The molecule has 0 bridgehead atoms. The molecule has 0 aliphatic rings. The van der Waals surface area contributed by atoms with E-state index < -0.39 is 0 Å². The van der Waals surface area contributed by atoms with E-state index in [1.165, 1.54) is 23.1 Å². The summed E-state index contributed by atoms with van der Waals surface area (Å²) in [6, 6.07) is 14.2. The summed E-state index contributed by atoms with van der Waals surface area (Å²) in [5.74, 6) is -0.248. The molecule has 24 heavy (non-hydrogen) atoms. The topological polar surface area (TPSA) is 56.9 Å². The van der Waals surface area contributed by atoms with Crippen LogP contribution in [0.25, 0.3) is 10.9 Å². The molecule has 0 aliphatic heterocycles. The van der Waals surface area contributed by atoms with Crippen molar-refractivity contribution in [2.24, 2.45) is 0 Å². The van der Waals surface area contributed by atoms with Crippen LogP contribution in [0, 0.1) is 5.82 Å². The summed E-state index contributed by atoms with van der Waals surface area (Å²) in [5, 5.41) is 6.86. The molecule has 3 rings (SSSR count). The van der Waals surface area contributed by atoms with E-state index >= 15 is 0 Å². The minimum absolute atomic E-state index is 0.183. The molecule has 4 nitrogen and oxygen atoms in total. The fraction of sp³-hybridized carbons (Fsp3) is 0.211. The van der Waals surface area contributed by atoms with Crippen molar-refractivity contribution in [2.45, 2.75) is 12.8 Å². The lowest BCUT2D eigenvalue weighted by atomic mass is 10.1. The number of para-hydroxylation sites is 1. The van der Waals surface area contributed by atoms with Crippen molar-refractivity contribution in [1.82, 2.24) is 15.6 Å². The predicted octanol–water partition coefficient (Wildman–Crippen LogP) is 3.39. The molecule has 0 saturated heterocycles. The monoisotopic (exact) mass is 325 g/mol. The third-order valence-corrected chi connectivity index (χ3v) is 3.97. The van der Waals surface area contributed by atoms with E-state index in [9.17, 15) is 9.18 Å². The fourth-order valence-corrected chi connectivity index (χ4v) is 2.68. The van der Waals surface area contributed by atoms with Crippen LogP contribution in [0.4, 0.5) is 9.18 Å². The molecule has 0 saturated carbocycles. The molecule has 1 heterocycles. The van der Waals surface area contributed by atoms with Gasteiger partial charge < -0.3 is 15.6 Å². The molecule has 0 fully saturated rings. The smallest absolute Gasteiger partial charge is 0.314 e. The first kappa shape index (κ1) is 16.1. The normalized spacial score (nSPS) is 10.7. The zero-order valence-corrected chi connectivity index (χ0v) is 13.3. The van der Waals surface area contributed by atoms with Crippen LogP contribution >= 0.6 is 0 Å². The Labute approximate surface area is 140 Å². The Bertz CT molecular complexity index is 811. The van der Waals surface area contributed by atoms with Gasteiger partial charge in [-0.05, 0) is 42.2 Å². The largest absolute Gasteiger partial charge is 0.361 e. The first-order valence-corrected chi connectivity index (χ1v) is 8.03. The van der Waals surface area contributed by atoms with Crippen LogP contribution in [-0.2, 0) is 12.8 Å². The number of hydrogen-bond donors (Lipinski definition) is 3. The highest BCUT2D eigenvalue weighted by Crippen LogP contribution is 2.17. The van der Waals surface area contributed by atoms with E-state index in [1.54, 1.807) is 12.1 Å². The van der Waals surface area contributed by atoms with Gasteiger partial charge in [-0.3, -0.25) is 0 Å². The number of carbonyl (C=O) groups excluding carboxylic acids is 1. The number of benzene rings is 2. The lowest BCUT2D eigenvalue weighted by Crippen LogP contribution is -2.37. The Morgan fingerprint density at radius 1 is 0.958 bits per heavy atom. The van der Waals surface area contributed by atoms with Gasteiger partial charge in [0.15, 0.2) is 0 Å². The van der Waals surface area contributed by atoms with Gasteiger partial charge in [0.25, 0.3) is 0 Å². The van der Waals surface area contributed by atoms with Gasteiger partial charge in [-0.15, -0.1) is 0 Å². The van der Waals surface area contributed by atoms with E-state index in [2.05, 4.69) is 21.7 Å². The predicted molar refractivity (Wildman–Crippen MR) is 93.5 cm³/mol. The molecule has 3 N–H and O–H groups in total.